The van der Waals surface area contributed by atoms with Gasteiger partial charge < -0.3 is 15.4 Å². The second-order valence-corrected chi connectivity index (χ2v) is 7.28. The van der Waals surface area contributed by atoms with E-state index < -0.39 is 0 Å². The van der Waals surface area contributed by atoms with Crippen molar-refractivity contribution in [2.45, 2.75) is 33.2 Å². The Morgan fingerprint density at radius 3 is 2.66 bits per heavy atom. The van der Waals surface area contributed by atoms with Crippen LogP contribution in [0.5, 0.6) is 5.75 Å². The number of para-hydroxylation sites is 2. The molecule has 0 bridgehead atoms. The van der Waals surface area contributed by atoms with Gasteiger partial charge in [0.15, 0.2) is 0 Å². The van der Waals surface area contributed by atoms with Gasteiger partial charge in [0.2, 0.25) is 0 Å². The Morgan fingerprint density at radius 2 is 1.90 bits per heavy atom. The van der Waals surface area contributed by atoms with E-state index in [0.29, 0.717) is 18.0 Å². The Morgan fingerprint density at radius 1 is 1.10 bits per heavy atom. The molecule has 0 aliphatic carbocycles. The Balaban J connectivity index is 1.75. The summed E-state index contributed by atoms with van der Waals surface area (Å²) in [5.74, 6) is 0.967. The normalized spacial score (nSPS) is 10.7. The molecule has 1 amide bonds. The van der Waals surface area contributed by atoms with Crippen molar-refractivity contribution in [1.82, 2.24) is 4.98 Å². The second-order valence-electron chi connectivity index (χ2n) is 7.28. The minimum Gasteiger partial charge on any atom is -0.496 e. The molecule has 5 heteroatoms. The number of hydrogen-bond acceptors (Lipinski definition) is 4. The van der Waals surface area contributed by atoms with Crippen LogP contribution in [0.3, 0.4) is 0 Å². The van der Waals surface area contributed by atoms with E-state index in [4.69, 9.17) is 4.74 Å². The van der Waals surface area contributed by atoms with Gasteiger partial charge in [-0.05, 0) is 36.1 Å². The quantitative estimate of drug-likeness (QED) is 0.569. The fourth-order valence-corrected chi connectivity index (χ4v) is 3.24. The van der Waals surface area contributed by atoms with Crippen LogP contribution in [0.2, 0.25) is 0 Å². The molecule has 0 spiro atoms. The number of hydrogen-bond donors (Lipinski definition) is 2. The minimum atomic E-state index is -0.172. The summed E-state index contributed by atoms with van der Waals surface area (Å²) in [6, 6.07) is 15.7. The first-order valence-electron chi connectivity index (χ1n) is 9.71. The van der Waals surface area contributed by atoms with Gasteiger partial charge in [-0.25, -0.2) is 0 Å². The zero-order valence-corrected chi connectivity index (χ0v) is 17.3. The van der Waals surface area contributed by atoms with Gasteiger partial charge in [0.05, 0.1) is 18.4 Å². The first-order valence-corrected chi connectivity index (χ1v) is 9.71. The molecule has 0 saturated heterocycles. The fraction of sp³-hybridized carbons (Fsp3) is 0.250. The largest absolute Gasteiger partial charge is 0.496 e. The highest BCUT2D eigenvalue weighted by Crippen LogP contribution is 2.28. The van der Waals surface area contributed by atoms with E-state index in [0.717, 1.165) is 33.8 Å². The molecule has 2 aromatic carbocycles. The first kappa shape index (κ1) is 20.4. The van der Waals surface area contributed by atoms with Crippen LogP contribution in [0.25, 0.3) is 0 Å². The number of carbonyl (C=O) groups excluding carboxylic acids is 1. The number of amides is 1. The lowest BCUT2D eigenvalue weighted by Crippen LogP contribution is -2.15. The molecule has 0 saturated carbocycles. The number of methoxy groups -OCH3 is 1. The van der Waals surface area contributed by atoms with Crippen molar-refractivity contribution in [1.29, 1.82) is 0 Å². The van der Waals surface area contributed by atoms with Crippen LogP contribution in [0, 0.1) is 6.92 Å². The van der Waals surface area contributed by atoms with Crippen LogP contribution in [0.4, 0.5) is 11.4 Å². The van der Waals surface area contributed by atoms with Crippen LogP contribution >= 0.6 is 0 Å². The minimum absolute atomic E-state index is 0.172. The summed E-state index contributed by atoms with van der Waals surface area (Å²) in [7, 11) is 1.66. The molecule has 0 aliphatic rings. The van der Waals surface area contributed by atoms with E-state index in [9.17, 15) is 4.79 Å². The van der Waals surface area contributed by atoms with Crippen molar-refractivity contribution in [3.63, 3.8) is 0 Å². The van der Waals surface area contributed by atoms with Crippen molar-refractivity contribution in [2.24, 2.45) is 0 Å². The smallest absolute Gasteiger partial charge is 0.257 e. The highest BCUT2D eigenvalue weighted by Gasteiger charge is 2.14. The summed E-state index contributed by atoms with van der Waals surface area (Å²) in [5.41, 5.74) is 5.36. The molecule has 3 rings (SSSR count). The number of nitrogens with zero attached hydrogens (tertiary/aromatic N) is 1. The van der Waals surface area contributed by atoms with Crippen LogP contribution in [-0.2, 0) is 6.54 Å². The van der Waals surface area contributed by atoms with Gasteiger partial charge in [-0.1, -0.05) is 50.2 Å². The van der Waals surface area contributed by atoms with Crippen LogP contribution < -0.4 is 15.4 Å². The third kappa shape index (κ3) is 4.93. The number of aromatic nitrogens is 1. The van der Waals surface area contributed by atoms with E-state index in [2.05, 4.69) is 35.5 Å². The molecule has 0 radical (unpaired) electrons. The van der Waals surface area contributed by atoms with Gasteiger partial charge in [0.1, 0.15) is 5.75 Å². The summed E-state index contributed by atoms with van der Waals surface area (Å²) >= 11 is 0. The van der Waals surface area contributed by atoms with Crippen molar-refractivity contribution in [3.8, 4) is 5.75 Å². The highest BCUT2D eigenvalue weighted by molar-refractivity contribution is 6.05. The van der Waals surface area contributed by atoms with Gasteiger partial charge in [0.25, 0.3) is 5.91 Å². The Labute approximate surface area is 172 Å². The molecule has 1 heterocycles. The predicted octanol–water partition coefficient (Wildman–Crippen LogP) is 5.39. The molecule has 0 fully saturated rings. The van der Waals surface area contributed by atoms with Crippen molar-refractivity contribution in [2.75, 3.05) is 17.7 Å². The molecule has 1 aromatic heterocycles. The number of nitrogens with one attached hydrogen (secondary N) is 2. The molecular formula is C24H27N3O2. The van der Waals surface area contributed by atoms with E-state index in [1.54, 1.807) is 19.5 Å². The van der Waals surface area contributed by atoms with Crippen LogP contribution in [0.15, 0.2) is 60.9 Å². The molecule has 2 N–H and O–H groups in total. The van der Waals surface area contributed by atoms with Crippen molar-refractivity contribution in [3.05, 3.63) is 83.2 Å². The Kier molecular flexibility index (Phi) is 6.50. The molecule has 29 heavy (non-hydrogen) atoms. The van der Waals surface area contributed by atoms with Crippen molar-refractivity contribution < 1.29 is 9.53 Å². The van der Waals surface area contributed by atoms with Gasteiger partial charge in [-0.3, -0.25) is 9.78 Å². The monoisotopic (exact) mass is 389 g/mol. The SMILES string of the molecule is COc1ccccc1CNc1cncc(C(=O)Nc2c(C)cccc2C(C)C)c1. The summed E-state index contributed by atoms with van der Waals surface area (Å²) in [6.45, 7) is 6.82. The van der Waals surface area contributed by atoms with E-state index in [1.165, 1.54) is 0 Å². The first-order chi connectivity index (χ1) is 14.0. The lowest BCUT2D eigenvalue weighted by molar-refractivity contribution is 0.102. The average Bonchev–Trinajstić information content (AvgIpc) is 2.73. The maximum absolute atomic E-state index is 12.9. The number of carbonyl (C=O) groups is 1. The van der Waals surface area contributed by atoms with Crippen LogP contribution in [-0.4, -0.2) is 18.0 Å². The Bertz CT molecular complexity index is 999. The van der Waals surface area contributed by atoms with E-state index >= 15 is 0 Å². The van der Waals surface area contributed by atoms with E-state index in [1.807, 2.05) is 49.4 Å². The Hall–Kier alpha value is -3.34. The number of anilines is 2. The number of aryl methyl sites for hydroxylation is 1. The summed E-state index contributed by atoms with van der Waals surface area (Å²) in [6.07, 6.45) is 3.29. The summed E-state index contributed by atoms with van der Waals surface area (Å²) in [4.78, 5) is 17.1. The second kappa shape index (κ2) is 9.24. The lowest BCUT2D eigenvalue weighted by atomic mass is 9.98. The summed E-state index contributed by atoms with van der Waals surface area (Å²) in [5, 5.41) is 6.38. The predicted molar refractivity (Wildman–Crippen MR) is 118 cm³/mol. The maximum Gasteiger partial charge on any atom is 0.257 e. The molecule has 0 unspecified atom stereocenters. The highest BCUT2D eigenvalue weighted by atomic mass is 16.5. The van der Waals surface area contributed by atoms with Crippen LogP contribution in [0.1, 0.15) is 46.8 Å². The van der Waals surface area contributed by atoms with Gasteiger partial charge in [-0.15, -0.1) is 0 Å². The van der Waals surface area contributed by atoms with Gasteiger partial charge in [-0.2, -0.15) is 0 Å². The van der Waals surface area contributed by atoms with Gasteiger partial charge in [0, 0.05) is 30.2 Å². The molecular weight excluding hydrogens is 362 g/mol. The van der Waals surface area contributed by atoms with Gasteiger partial charge >= 0.3 is 0 Å². The molecule has 150 valence electrons. The zero-order chi connectivity index (χ0) is 20.8. The fourth-order valence-electron chi connectivity index (χ4n) is 3.24. The third-order valence-electron chi connectivity index (χ3n) is 4.84. The molecule has 3 aromatic rings. The lowest BCUT2D eigenvalue weighted by Gasteiger charge is -2.16. The molecule has 0 atom stereocenters. The molecule has 5 nitrogen and oxygen atoms in total. The average molecular weight is 389 g/mol. The zero-order valence-electron chi connectivity index (χ0n) is 17.3. The maximum atomic E-state index is 12.9. The number of ether oxygens (including phenoxy) is 1. The van der Waals surface area contributed by atoms with Crippen molar-refractivity contribution >= 4 is 17.3 Å². The number of pyridine rings is 1. The molecule has 0 aliphatic heterocycles. The summed E-state index contributed by atoms with van der Waals surface area (Å²) < 4.78 is 5.38. The van der Waals surface area contributed by atoms with E-state index in [-0.39, 0.29) is 5.91 Å². The standard InChI is InChI=1S/C24H27N3O2/c1-16(2)21-10-7-8-17(3)23(21)27-24(28)19-12-20(15-25-13-19)26-14-18-9-5-6-11-22(18)29-4/h5-13,15-16,26H,14H2,1-4H3,(H,27,28). The topological polar surface area (TPSA) is 63.2 Å². The number of benzene rings is 2. The number of rotatable bonds is 7. The third-order valence-corrected chi connectivity index (χ3v) is 4.84.